The first-order chi connectivity index (χ1) is 21.9. The van der Waals surface area contributed by atoms with Crippen molar-refractivity contribution in [2.75, 3.05) is 19.6 Å². The van der Waals surface area contributed by atoms with E-state index in [1.54, 1.807) is 32.2 Å². The number of aryl methyl sites for hydroxylation is 2. The summed E-state index contributed by atoms with van der Waals surface area (Å²) in [6.07, 6.45) is 5.02. The van der Waals surface area contributed by atoms with E-state index in [1.165, 1.54) is 4.31 Å². The van der Waals surface area contributed by atoms with E-state index in [-0.39, 0.29) is 23.9 Å². The molecule has 12 heteroatoms. The molecule has 1 saturated carbocycles. The van der Waals surface area contributed by atoms with Crippen LogP contribution in [0.25, 0.3) is 11.0 Å². The highest BCUT2D eigenvalue weighted by atomic mass is 32.2. The summed E-state index contributed by atoms with van der Waals surface area (Å²) in [6.45, 7) is 9.16. The molecule has 2 N–H and O–H groups in total. The van der Waals surface area contributed by atoms with Gasteiger partial charge in [0.2, 0.25) is 15.9 Å². The normalized spacial score (nSPS) is 20.2. The van der Waals surface area contributed by atoms with Crippen LogP contribution >= 0.6 is 0 Å². The molecule has 1 aliphatic carbocycles. The number of nitrogens with one attached hydrogen (secondary N) is 1. The molecular weight excluding hydrogens is 604 g/mol. The summed E-state index contributed by atoms with van der Waals surface area (Å²) in [5.41, 5.74) is 4.12. The quantitative estimate of drug-likeness (QED) is 0.292. The lowest BCUT2D eigenvalue weighted by atomic mass is 9.69. The molecule has 2 aromatic carbocycles. The molecule has 242 valence electrons. The molecule has 1 spiro atoms. The maximum absolute atomic E-state index is 14.2. The van der Waals surface area contributed by atoms with Gasteiger partial charge in [-0.3, -0.25) is 4.79 Å². The van der Waals surface area contributed by atoms with Gasteiger partial charge in [-0.2, -0.15) is 4.31 Å². The maximum Gasteiger partial charge on any atom is 0.310 e. The van der Waals surface area contributed by atoms with Gasteiger partial charge in [-0.15, -0.1) is 5.10 Å². The standard InChI is InChI=1S/C34H40N6O5S/c1-21-7-8-23(29(33(3,4)32(41)42)26-11-12-27-30(22(26)2)37-38-40(27)25-9-10-25)18-24(21)19-39-20-34(13-16-35-17-14-34)45-31-28(46(39,43)44)6-5-15-36-31/h5-8,11-12,15,18,25,29,35H,9-10,13-14,16-17,19-20H2,1-4H3,(H,41,42). The fourth-order valence-corrected chi connectivity index (χ4v) is 8.67. The van der Waals surface area contributed by atoms with Crippen LogP contribution in [0.2, 0.25) is 0 Å². The first kappa shape index (κ1) is 30.8. The summed E-state index contributed by atoms with van der Waals surface area (Å²) in [5.74, 6) is -1.32. The van der Waals surface area contributed by atoms with E-state index in [1.807, 2.05) is 48.9 Å². The summed E-state index contributed by atoms with van der Waals surface area (Å²) in [5, 5.41) is 22.8. The number of carbonyl (C=O) groups is 1. The summed E-state index contributed by atoms with van der Waals surface area (Å²) >= 11 is 0. The van der Waals surface area contributed by atoms with Crippen molar-refractivity contribution in [3.05, 3.63) is 76.5 Å². The summed E-state index contributed by atoms with van der Waals surface area (Å²) in [4.78, 5) is 17.2. The highest BCUT2D eigenvalue weighted by molar-refractivity contribution is 7.89. The van der Waals surface area contributed by atoms with E-state index < -0.39 is 32.9 Å². The number of piperidine rings is 1. The van der Waals surface area contributed by atoms with Crippen LogP contribution in [0.4, 0.5) is 0 Å². The largest absolute Gasteiger partial charge is 0.481 e. The highest BCUT2D eigenvalue weighted by Crippen LogP contribution is 2.45. The first-order valence-electron chi connectivity index (χ1n) is 15.9. The number of pyridine rings is 1. The van der Waals surface area contributed by atoms with Crippen molar-refractivity contribution in [1.82, 2.24) is 29.6 Å². The Kier molecular flexibility index (Phi) is 7.45. The van der Waals surface area contributed by atoms with Crippen LogP contribution in [-0.4, -0.2) is 69.0 Å². The molecule has 1 atom stereocenters. The van der Waals surface area contributed by atoms with Crippen LogP contribution in [0, 0.1) is 19.3 Å². The molecule has 1 saturated heterocycles. The molecule has 1 unspecified atom stereocenters. The van der Waals surface area contributed by atoms with Gasteiger partial charge in [-0.05, 0) is 99.6 Å². The second-order valence-corrected chi connectivity index (χ2v) is 15.6. The minimum Gasteiger partial charge on any atom is -0.481 e. The number of carboxylic acids is 1. The average Bonchev–Trinajstić information content (AvgIpc) is 3.78. The van der Waals surface area contributed by atoms with Crippen LogP contribution in [-0.2, 0) is 21.4 Å². The average molecular weight is 645 g/mol. The van der Waals surface area contributed by atoms with Crippen molar-refractivity contribution in [3.63, 3.8) is 0 Å². The molecule has 46 heavy (non-hydrogen) atoms. The van der Waals surface area contributed by atoms with Crippen molar-refractivity contribution in [1.29, 1.82) is 0 Å². The van der Waals surface area contributed by atoms with Crippen LogP contribution in [0.1, 0.15) is 79.3 Å². The zero-order chi connectivity index (χ0) is 32.4. The predicted molar refractivity (Wildman–Crippen MR) is 172 cm³/mol. The van der Waals surface area contributed by atoms with E-state index in [0.717, 1.165) is 51.7 Å². The van der Waals surface area contributed by atoms with Gasteiger partial charge in [0.25, 0.3) is 0 Å². The minimum absolute atomic E-state index is 0.0623. The van der Waals surface area contributed by atoms with E-state index >= 15 is 0 Å². The Balaban J connectivity index is 1.32. The molecule has 11 nitrogen and oxygen atoms in total. The number of carboxylic acid groups (broad SMARTS) is 1. The fraction of sp³-hybridized carbons (Fsp3) is 0.471. The van der Waals surface area contributed by atoms with Gasteiger partial charge in [-0.25, -0.2) is 18.1 Å². The minimum atomic E-state index is -3.95. The van der Waals surface area contributed by atoms with Crippen molar-refractivity contribution in [3.8, 4) is 5.88 Å². The summed E-state index contributed by atoms with van der Waals surface area (Å²) in [6, 6.07) is 13.5. The van der Waals surface area contributed by atoms with Gasteiger partial charge in [0, 0.05) is 31.5 Å². The van der Waals surface area contributed by atoms with Crippen molar-refractivity contribution in [2.45, 2.75) is 82.4 Å². The molecule has 2 aliphatic heterocycles. The van der Waals surface area contributed by atoms with Crippen molar-refractivity contribution >= 4 is 27.0 Å². The lowest BCUT2D eigenvalue weighted by Crippen LogP contribution is -2.53. The van der Waals surface area contributed by atoms with Gasteiger partial charge in [0.15, 0.2) is 0 Å². The van der Waals surface area contributed by atoms with Gasteiger partial charge >= 0.3 is 5.97 Å². The Morgan fingerprint density at radius 3 is 2.63 bits per heavy atom. The molecule has 4 heterocycles. The molecule has 0 amide bonds. The van der Waals surface area contributed by atoms with E-state index in [9.17, 15) is 18.3 Å². The third kappa shape index (κ3) is 5.16. The van der Waals surface area contributed by atoms with E-state index in [0.29, 0.717) is 32.0 Å². The lowest BCUT2D eigenvalue weighted by Gasteiger charge is -2.38. The van der Waals surface area contributed by atoms with Crippen molar-refractivity contribution < 1.29 is 23.1 Å². The van der Waals surface area contributed by atoms with Crippen LogP contribution in [0.5, 0.6) is 5.88 Å². The molecular formula is C34H40N6O5S. The molecule has 0 radical (unpaired) electrons. The number of nitrogens with zero attached hydrogens (tertiary/aromatic N) is 5. The monoisotopic (exact) mass is 644 g/mol. The number of sulfonamides is 1. The van der Waals surface area contributed by atoms with E-state index in [4.69, 9.17) is 4.74 Å². The molecule has 7 rings (SSSR count). The molecule has 2 fully saturated rings. The summed E-state index contributed by atoms with van der Waals surface area (Å²) in [7, 11) is -3.95. The van der Waals surface area contributed by atoms with Crippen molar-refractivity contribution in [2.24, 2.45) is 5.41 Å². The van der Waals surface area contributed by atoms with Gasteiger partial charge < -0.3 is 15.2 Å². The Hall–Kier alpha value is -3.87. The maximum atomic E-state index is 14.2. The number of ether oxygens (including phenoxy) is 1. The van der Waals surface area contributed by atoms with Gasteiger partial charge in [-0.1, -0.05) is 29.5 Å². The van der Waals surface area contributed by atoms with Gasteiger partial charge in [0.1, 0.15) is 16.0 Å². The van der Waals surface area contributed by atoms with Crippen LogP contribution in [0.15, 0.2) is 53.6 Å². The van der Waals surface area contributed by atoms with Gasteiger partial charge in [0.05, 0.1) is 23.5 Å². The SMILES string of the molecule is Cc1ccc(C(c2ccc3c(nnn3C3CC3)c2C)C(C)(C)C(=O)O)cc1CN1CC2(CCNCC2)Oc2ncccc2S1(=O)=O. The third-order valence-electron chi connectivity index (χ3n) is 10.1. The molecule has 3 aliphatic rings. The second kappa shape index (κ2) is 11.1. The Labute approximate surface area is 269 Å². The smallest absolute Gasteiger partial charge is 0.310 e. The summed E-state index contributed by atoms with van der Waals surface area (Å²) < 4.78 is 38.3. The molecule has 2 aromatic heterocycles. The van der Waals surface area contributed by atoms with Crippen LogP contribution in [0.3, 0.4) is 0 Å². The zero-order valence-corrected chi connectivity index (χ0v) is 27.5. The highest BCUT2D eigenvalue weighted by Gasteiger charge is 2.45. The predicted octanol–water partition coefficient (Wildman–Crippen LogP) is 4.73. The molecule has 0 bridgehead atoms. The number of rotatable bonds is 7. The van der Waals surface area contributed by atoms with Crippen LogP contribution < -0.4 is 10.1 Å². The first-order valence-corrected chi connectivity index (χ1v) is 17.4. The lowest BCUT2D eigenvalue weighted by molar-refractivity contribution is -0.147. The number of benzene rings is 2. The van der Waals surface area contributed by atoms with E-state index in [2.05, 4.69) is 20.6 Å². The Bertz CT molecular complexity index is 1940. The Morgan fingerprint density at radius 2 is 1.91 bits per heavy atom. The molecule has 4 aromatic rings. The zero-order valence-electron chi connectivity index (χ0n) is 26.7. The fourth-order valence-electron chi connectivity index (χ4n) is 7.11. The number of fused-ring (bicyclic) bond motifs is 2. The number of aliphatic carboxylic acids is 1. The third-order valence-corrected chi connectivity index (χ3v) is 11.9. The topological polar surface area (TPSA) is 140 Å². The Morgan fingerprint density at radius 1 is 1.15 bits per heavy atom. The number of aromatic nitrogens is 4. The number of hydrogen-bond donors (Lipinski definition) is 2. The number of hydrogen-bond acceptors (Lipinski definition) is 8. The second-order valence-electron chi connectivity index (χ2n) is 13.7.